The first-order valence-electron chi connectivity index (χ1n) is 7.77. The maximum Gasteiger partial charge on any atom is 0.157 e. The largest absolute Gasteiger partial charge is 0.379 e. The Morgan fingerprint density at radius 1 is 1.00 bits per heavy atom. The van der Waals surface area contributed by atoms with E-state index in [2.05, 4.69) is 6.92 Å². The van der Waals surface area contributed by atoms with E-state index in [1.165, 1.54) is 19.3 Å². The van der Waals surface area contributed by atoms with Gasteiger partial charge in [0, 0.05) is 19.8 Å². The van der Waals surface area contributed by atoms with Crippen molar-refractivity contribution in [1.29, 1.82) is 0 Å². The third kappa shape index (κ3) is 6.21. The minimum absolute atomic E-state index is 0.00119. The highest BCUT2D eigenvalue weighted by Gasteiger charge is 2.25. The summed E-state index contributed by atoms with van der Waals surface area (Å²) in [5, 5.41) is 0. The average molecular weight is 272 g/mol. The minimum Gasteiger partial charge on any atom is -0.379 e. The van der Waals surface area contributed by atoms with E-state index in [9.17, 15) is 0 Å². The molecule has 1 heterocycles. The summed E-state index contributed by atoms with van der Waals surface area (Å²) in [4.78, 5) is 0. The van der Waals surface area contributed by atoms with Crippen LogP contribution in [0.3, 0.4) is 0 Å². The SMILES string of the molecule is C[C@H]1C[C@H](OCCCOCCOC2CCCCO2)C1. The standard InChI is InChI=1S/C15H28O4/c1-13-11-14(12-13)17-8-4-6-16-9-10-19-15-5-2-3-7-18-15/h13-15H,2-12H2,1H3/t13-,14-,15?. The Bertz CT molecular complexity index is 222. The zero-order valence-corrected chi connectivity index (χ0v) is 12.1. The van der Waals surface area contributed by atoms with Gasteiger partial charge in [0.2, 0.25) is 0 Å². The number of ether oxygens (including phenoxy) is 4. The molecule has 1 aliphatic heterocycles. The van der Waals surface area contributed by atoms with Crippen molar-refractivity contribution < 1.29 is 18.9 Å². The Morgan fingerprint density at radius 2 is 1.89 bits per heavy atom. The molecule has 2 fully saturated rings. The van der Waals surface area contributed by atoms with Gasteiger partial charge in [-0.1, -0.05) is 6.92 Å². The van der Waals surface area contributed by atoms with E-state index in [-0.39, 0.29) is 6.29 Å². The summed E-state index contributed by atoms with van der Waals surface area (Å²) in [7, 11) is 0. The fourth-order valence-corrected chi connectivity index (χ4v) is 2.56. The fourth-order valence-electron chi connectivity index (χ4n) is 2.56. The summed E-state index contributed by atoms with van der Waals surface area (Å²) in [5.41, 5.74) is 0. The second-order valence-corrected chi connectivity index (χ2v) is 5.70. The molecular formula is C15H28O4. The van der Waals surface area contributed by atoms with E-state index in [1.54, 1.807) is 0 Å². The van der Waals surface area contributed by atoms with Crippen molar-refractivity contribution in [1.82, 2.24) is 0 Å². The molecule has 1 aliphatic carbocycles. The molecule has 1 atom stereocenters. The van der Waals surface area contributed by atoms with E-state index in [0.717, 1.165) is 45.0 Å². The fraction of sp³-hybridized carbons (Fsp3) is 1.00. The van der Waals surface area contributed by atoms with Crippen molar-refractivity contribution in [3.63, 3.8) is 0 Å². The van der Waals surface area contributed by atoms with Crippen molar-refractivity contribution in [3.05, 3.63) is 0 Å². The molecule has 1 unspecified atom stereocenters. The molecule has 0 spiro atoms. The van der Waals surface area contributed by atoms with Gasteiger partial charge in [-0.15, -0.1) is 0 Å². The van der Waals surface area contributed by atoms with Crippen LogP contribution in [0, 0.1) is 5.92 Å². The molecule has 0 aromatic heterocycles. The molecule has 2 aliphatic rings. The topological polar surface area (TPSA) is 36.9 Å². The maximum absolute atomic E-state index is 5.72. The molecule has 0 bridgehead atoms. The first-order chi connectivity index (χ1) is 9.34. The summed E-state index contributed by atoms with van der Waals surface area (Å²) in [6, 6.07) is 0. The summed E-state index contributed by atoms with van der Waals surface area (Å²) in [5.74, 6) is 0.861. The molecule has 19 heavy (non-hydrogen) atoms. The van der Waals surface area contributed by atoms with Gasteiger partial charge in [-0.05, 0) is 44.4 Å². The zero-order valence-electron chi connectivity index (χ0n) is 12.1. The molecule has 4 nitrogen and oxygen atoms in total. The van der Waals surface area contributed by atoms with Crippen LogP contribution in [0.1, 0.15) is 45.4 Å². The van der Waals surface area contributed by atoms with Gasteiger partial charge in [0.25, 0.3) is 0 Å². The van der Waals surface area contributed by atoms with Crippen LogP contribution < -0.4 is 0 Å². The predicted molar refractivity (Wildman–Crippen MR) is 73.1 cm³/mol. The molecule has 2 rings (SSSR count). The lowest BCUT2D eigenvalue weighted by Crippen LogP contribution is -2.29. The highest BCUT2D eigenvalue weighted by molar-refractivity contribution is 4.76. The van der Waals surface area contributed by atoms with Crippen molar-refractivity contribution in [2.24, 2.45) is 5.92 Å². The second-order valence-electron chi connectivity index (χ2n) is 5.70. The molecule has 4 heteroatoms. The van der Waals surface area contributed by atoms with Crippen LogP contribution in [-0.4, -0.2) is 45.4 Å². The van der Waals surface area contributed by atoms with Crippen LogP contribution in [0.15, 0.2) is 0 Å². The van der Waals surface area contributed by atoms with Crippen LogP contribution in [-0.2, 0) is 18.9 Å². The summed E-state index contributed by atoms with van der Waals surface area (Å²) in [6.45, 7) is 5.98. The van der Waals surface area contributed by atoms with Crippen LogP contribution in [0.5, 0.6) is 0 Å². The monoisotopic (exact) mass is 272 g/mol. The minimum atomic E-state index is 0.00119. The zero-order chi connectivity index (χ0) is 13.3. The maximum atomic E-state index is 5.72. The molecule has 0 N–H and O–H groups in total. The van der Waals surface area contributed by atoms with Gasteiger partial charge in [0.1, 0.15) is 0 Å². The van der Waals surface area contributed by atoms with Crippen LogP contribution in [0.25, 0.3) is 0 Å². The Hall–Kier alpha value is -0.160. The highest BCUT2D eigenvalue weighted by Crippen LogP contribution is 2.29. The van der Waals surface area contributed by atoms with Crippen LogP contribution in [0.2, 0.25) is 0 Å². The Labute approximate surface area is 116 Å². The lowest BCUT2D eigenvalue weighted by Gasteiger charge is -2.32. The Kier molecular flexibility index (Phi) is 7.14. The third-order valence-corrected chi connectivity index (χ3v) is 3.79. The van der Waals surface area contributed by atoms with Crippen LogP contribution in [0.4, 0.5) is 0 Å². The second kappa shape index (κ2) is 8.90. The van der Waals surface area contributed by atoms with Gasteiger partial charge >= 0.3 is 0 Å². The van der Waals surface area contributed by atoms with Gasteiger partial charge in [0.15, 0.2) is 6.29 Å². The quantitative estimate of drug-likeness (QED) is 0.605. The number of hydrogen-bond acceptors (Lipinski definition) is 4. The van der Waals surface area contributed by atoms with Gasteiger partial charge in [-0.3, -0.25) is 0 Å². The lowest BCUT2D eigenvalue weighted by atomic mass is 9.84. The Balaban J connectivity index is 1.30. The molecule has 0 aromatic rings. The van der Waals surface area contributed by atoms with Crippen molar-refractivity contribution in [2.45, 2.75) is 57.8 Å². The number of hydrogen-bond donors (Lipinski definition) is 0. The van der Waals surface area contributed by atoms with Crippen molar-refractivity contribution >= 4 is 0 Å². The van der Waals surface area contributed by atoms with Crippen molar-refractivity contribution in [3.8, 4) is 0 Å². The summed E-state index contributed by atoms with van der Waals surface area (Å²) >= 11 is 0. The van der Waals surface area contributed by atoms with E-state index < -0.39 is 0 Å². The molecule has 0 aromatic carbocycles. The highest BCUT2D eigenvalue weighted by atomic mass is 16.7. The number of rotatable bonds is 9. The van der Waals surface area contributed by atoms with Gasteiger partial charge in [0.05, 0.1) is 19.3 Å². The smallest absolute Gasteiger partial charge is 0.157 e. The van der Waals surface area contributed by atoms with Gasteiger partial charge in [-0.25, -0.2) is 0 Å². The van der Waals surface area contributed by atoms with Gasteiger partial charge < -0.3 is 18.9 Å². The molecule has 1 saturated heterocycles. The normalized spacial score (nSPS) is 31.1. The molecular weight excluding hydrogens is 244 g/mol. The summed E-state index contributed by atoms with van der Waals surface area (Å²) in [6.07, 6.45) is 7.35. The van der Waals surface area contributed by atoms with E-state index >= 15 is 0 Å². The van der Waals surface area contributed by atoms with E-state index in [4.69, 9.17) is 18.9 Å². The van der Waals surface area contributed by atoms with Crippen molar-refractivity contribution in [2.75, 3.05) is 33.0 Å². The van der Waals surface area contributed by atoms with E-state index in [0.29, 0.717) is 19.3 Å². The lowest BCUT2D eigenvalue weighted by molar-refractivity contribution is -0.169. The summed E-state index contributed by atoms with van der Waals surface area (Å²) < 4.78 is 22.3. The first-order valence-corrected chi connectivity index (χ1v) is 7.77. The van der Waals surface area contributed by atoms with Gasteiger partial charge in [-0.2, -0.15) is 0 Å². The first kappa shape index (κ1) is 15.2. The Morgan fingerprint density at radius 3 is 2.63 bits per heavy atom. The predicted octanol–water partition coefficient (Wildman–Crippen LogP) is 2.75. The van der Waals surface area contributed by atoms with Crippen LogP contribution >= 0.6 is 0 Å². The molecule has 0 radical (unpaired) electrons. The molecule has 1 saturated carbocycles. The molecule has 112 valence electrons. The van der Waals surface area contributed by atoms with E-state index in [1.807, 2.05) is 0 Å². The third-order valence-electron chi connectivity index (χ3n) is 3.79. The molecule has 0 amide bonds. The average Bonchev–Trinajstić information content (AvgIpc) is 2.40.